The maximum Gasteiger partial charge on any atom is 4.00 e. The van der Waals surface area contributed by atoms with Crippen molar-refractivity contribution in [3.8, 4) is 0 Å². The summed E-state index contributed by atoms with van der Waals surface area (Å²) >= 11 is 0. The Morgan fingerprint density at radius 3 is 1.40 bits per heavy atom. The topological polar surface area (TPSA) is 36.9 Å². The Kier molecular flexibility index (Phi) is 14.3. The molecule has 0 spiro atoms. The van der Waals surface area contributed by atoms with E-state index < -0.39 is 16.6 Å². The van der Waals surface area contributed by atoms with Crippen LogP contribution in [0.3, 0.4) is 0 Å². The number of rotatable bonds is 10. The minimum atomic E-state index is -1.60. The Balaban J connectivity index is 0. The minimum Gasteiger partial charge on any atom is -1.00 e. The Morgan fingerprint density at radius 1 is 0.767 bits per heavy atom. The third-order valence-electron chi connectivity index (χ3n) is 4.29. The first kappa shape index (κ1) is 32.6. The zero-order valence-electron chi connectivity index (χ0n) is 19.4. The molecule has 168 valence electrons. The Bertz CT molecular complexity index is 619. The van der Waals surface area contributed by atoms with Gasteiger partial charge in [-0.2, -0.15) is 11.1 Å². The van der Waals surface area contributed by atoms with Crippen molar-refractivity contribution < 1.29 is 69.3 Å². The van der Waals surface area contributed by atoms with Crippen LogP contribution in [-0.4, -0.2) is 30.2 Å². The Hall–Kier alpha value is 0.377. The van der Waals surface area contributed by atoms with E-state index in [0.29, 0.717) is 0 Å². The largest absolute Gasteiger partial charge is 4.00 e. The second-order valence-corrected chi connectivity index (χ2v) is 18.3. The fourth-order valence-corrected chi connectivity index (χ4v) is 3.68. The SMILES string of the molecule is CC(C)(C1=[C-]CC=C1OCO[Si](C)(C)C)C1=[C-]CC=C1OCO[Si](C)(C)C.[Cl-].[Cl-].[Zr+4]. The van der Waals surface area contributed by atoms with Crippen LogP contribution in [0, 0.1) is 17.6 Å². The normalized spacial score (nSPS) is 16.3. The molecule has 9 heteroatoms. The third-order valence-corrected chi connectivity index (χ3v) is 6.26. The van der Waals surface area contributed by atoms with Crippen molar-refractivity contribution in [3.05, 3.63) is 47.0 Å². The smallest absolute Gasteiger partial charge is 1.00 e. The zero-order valence-corrected chi connectivity index (χ0v) is 25.3. The van der Waals surface area contributed by atoms with Gasteiger partial charge in [-0.3, -0.25) is 12.2 Å². The number of hydrogen-bond acceptors (Lipinski definition) is 4. The van der Waals surface area contributed by atoms with Crippen molar-refractivity contribution in [2.24, 2.45) is 5.41 Å². The fourth-order valence-electron chi connectivity index (χ4n) is 2.85. The second-order valence-electron chi connectivity index (χ2n) is 9.31. The molecule has 0 aromatic rings. The van der Waals surface area contributed by atoms with Crippen LogP contribution in [0.25, 0.3) is 0 Å². The third kappa shape index (κ3) is 9.89. The predicted molar refractivity (Wildman–Crippen MR) is 113 cm³/mol. The van der Waals surface area contributed by atoms with Gasteiger partial charge in [0, 0.05) is 0 Å². The summed E-state index contributed by atoms with van der Waals surface area (Å²) in [4.78, 5) is 0. The van der Waals surface area contributed by atoms with E-state index in [1.807, 2.05) is 0 Å². The van der Waals surface area contributed by atoms with Gasteiger partial charge in [0.05, 0.1) is 0 Å². The van der Waals surface area contributed by atoms with E-state index in [0.717, 1.165) is 35.5 Å². The molecule has 2 aliphatic rings. The first-order chi connectivity index (χ1) is 12.4. The number of allylic oxidation sites excluding steroid dienone is 6. The van der Waals surface area contributed by atoms with Gasteiger partial charge in [-0.1, -0.05) is 13.8 Å². The van der Waals surface area contributed by atoms with Crippen LogP contribution >= 0.6 is 0 Å². The molecule has 0 unspecified atom stereocenters. The maximum atomic E-state index is 5.95. The van der Waals surface area contributed by atoms with E-state index in [9.17, 15) is 0 Å². The van der Waals surface area contributed by atoms with E-state index in [1.165, 1.54) is 0 Å². The molecule has 0 saturated carbocycles. The molecule has 2 aliphatic carbocycles. The molecule has 0 aliphatic heterocycles. The molecular formula is C21H34Cl2O4Si2Zr. The molecule has 0 radical (unpaired) electrons. The van der Waals surface area contributed by atoms with Gasteiger partial charge in [0.2, 0.25) is 0 Å². The van der Waals surface area contributed by atoms with Gasteiger partial charge < -0.3 is 43.1 Å². The average molecular weight is 569 g/mol. The molecule has 0 aromatic carbocycles. The molecule has 30 heavy (non-hydrogen) atoms. The maximum absolute atomic E-state index is 5.95. The monoisotopic (exact) mass is 566 g/mol. The summed E-state index contributed by atoms with van der Waals surface area (Å²) in [5.74, 6) is 1.72. The van der Waals surface area contributed by atoms with Crippen LogP contribution in [0.4, 0.5) is 0 Å². The van der Waals surface area contributed by atoms with Crippen LogP contribution in [0.15, 0.2) is 34.8 Å². The van der Waals surface area contributed by atoms with Crippen molar-refractivity contribution in [1.29, 1.82) is 0 Å². The predicted octanol–water partition coefficient (Wildman–Crippen LogP) is -0.296. The van der Waals surface area contributed by atoms with Crippen molar-refractivity contribution in [3.63, 3.8) is 0 Å². The fraction of sp³-hybridized carbons (Fsp3) is 0.619. The van der Waals surface area contributed by atoms with Crippen molar-refractivity contribution >= 4 is 16.6 Å². The zero-order chi connectivity index (χ0) is 20.3. The molecule has 0 N–H and O–H groups in total. The van der Waals surface area contributed by atoms with Crippen LogP contribution < -0.4 is 24.8 Å². The summed E-state index contributed by atoms with van der Waals surface area (Å²) in [5.41, 5.74) is 1.79. The molecule has 0 fully saturated rings. The van der Waals surface area contributed by atoms with Crippen molar-refractivity contribution in [2.45, 2.75) is 66.0 Å². The van der Waals surface area contributed by atoms with Crippen LogP contribution in [0.2, 0.25) is 39.3 Å². The van der Waals surface area contributed by atoms with Crippen LogP contribution in [0.1, 0.15) is 26.7 Å². The molecule has 0 heterocycles. The molecule has 0 amide bonds. The molecule has 4 nitrogen and oxygen atoms in total. The van der Waals surface area contributed by atoms with E-state index in [-0.39, 0.29) is 70.0 Å². The quantitative estimate of drug-likeness (QED) is 0.206. The molecule has 0 saturated heterocycles. The number of hydrogen-bond donors (Lipinski definition) is 0. The molecule has 0 aromatic heterocycles. The van der Waals surface area contributed by atoms with Gasteiger partial charge in [-0.25, -0.2) is 0 Å². The molecule has 0 bridgehead atoms. The van der Waals surface area contributed by atoms with E-state index >= 15 is 0 Å². The minimum absolute atomic E-state index is 0. The average Bonchev–Trinajstić information content (AvgIpc) is 3.14. The number of ether oxygens (including phenoxy) is 2. The van der Waals surface area contributed by atoms with E-state index in [4.69, 9.17) is 18.3 Å². The first-order valence-corrected chi connectivity index (χ1v) is 16.4. The van der Waals surface area contributed by atoms with Gasteiger partial charge in [0.1, 0.15) is 0 Å². The summed E-state index contributed by atoms with van der Waals surface area (Å²) < 4.78 is 23.6. The summed E-state index contributed by atoms with van der Waals surface area (Å²) in [7, 11) is -3.21. The number of halogens is 2. The molecular weight excluding hydrogens is 535 g/mol. The summed E-state index contributed by atoms with van der Waals surface area (Å²) in [5, 5.41) is 0. The summed E-state index contributed by atoms with van der Waals surface area (Å²) in [6.45, 7) is 17.8. The summed E-state index contributed by atoms with van der Waals surface area (Å²) in [6.07, 6.45) is 12.6. The van der Waals surface area contributed by atoms with E-state index in [2.05, 4.69) is 77.4 Å². The van der Waals surface area contributed by atoms with E-state index in [1.54, 1.807) is 0 Å². The van der Waals surface area contributed by atoms with Gasteiger partial charge >= 0.3 is 26.2 Å². The van der Waals surface area contributed by atoms with Gasteiger partial charge in [-0.15, -0.1) is 25.0 Å². The van der Waals surface area contributed by atoms with Gasteiger partial charge in [-0.05, 0) is 56.2 Å². The standard InChI is InChI=1S/C21H34O4Si2.2ClH.Zr/c1-21(2,17-11-9-13-19(17)22-15-24-26(3,4)5)18-12-10-14-20(18)23-16-25-27(6,7)8;;;/h13-14H,9-10,15-16H2,1-8H3;2*1H;/q-2;;;+4/p-2. The van der Waals surface area contributed by atoms with Gasteiger partial charge in [0.25, 0.3) is 0 Å². The second kappa shape index (κ2) is 13.2. The van der Waals surface area contributed by atoms with Crippen LogP contribution in [0.5, 0.6) is 0 Å². The Labute approximate surface area is 216 Å². The van der Waals surface area contributed by atoms with Crippen molar-refractivity contribution in [2.75, 3.05) is 13.6 Å². The van der Waals surface area contributed by atoms with Gasteiger partial charge in [0.15, 0.2) is 30.2 Å². The Morgan fingerprint density at radius 2 is 1.10 bits per heavy atom. The van der Waals surface area contributed by atoms with Crippen molar-refractivity contribution in [1.82, 2.24) is 0 Å². The molecule has 2 rings (SSSR count). The summed E-state index contributed by atoms with van der Waals surface area (Å²) in [6, 6.07) is 0. The molecule has 0 atom stereocenters. The van der Waals surface area contributed by atoms with Crippen LogP contribution in [-0.2, 0) is 44.5 Å². The first-order valence-electron chi connectivity index (χ1n) is 9.57.